The molecule has 0 aromatic carbocycles. The monoisotopic (exact) mass is 320 g/mol. The third-order valence-corrected chi connectivity index (χ3v) is 5.68. The Kier molecular flexibility index (Phi) is 4.10. The highest BCUT2D eigenvalue weighted by Gasteiger charge is 2.41. The van der Waals surface area contributed by atoms with Gasteiger partial charge >= 0.3 is 0 Å². The van der Waals surface area contributed by atoms with Crippen LogP contribution in [0, 0.1) is 17.8 Å². The number of carbonyl (C=O) groups is 2. The van der Waals surface area contributed by atoms with E-state index in [1.165, 1.54) is 11.3 Å². The lowest BCUT2D eigenvalue weighted by atomic mass is 9.67. The number of hydrogen-bond acceptors (Lipinski definition) is 4. The van der Waals surface area contributed by atoms with Crippen LogP contribution in [-0.2, 0) is 15.0 Å². The third kappa shape index (κ3) is 3.09. The first-order valence-corrected chi connectivity index (χ1v) is 9.03. The molecule has 0 saturated heterocycles. The van der Waals surface area contributed by atoms with Gasteiger partial charge in [0.2, 0.25) is 5.91 Å². The topological polar surface area (TPSA) is 59.1 Å². The normalized spacial score (nSPS) is 28.5. The molecule has 2 saturated carbocycles. The minimum Gasteiger partial charge on any atom is -0.302 e. The van der Waals surface area contributed by atoms with E-state index < -0.39 is 0 Å². The average Bonchev–Trinajstić information content (AvgIpc) is 2.86. The summed E-state index contributed by atoms with van der Waals surface area (Å²) in [6.45, 7) is 6.34. The summed E-state index contributed by atoms with van der Waals surface area (Å²) < 4.78 is 0. The van der Waals surface area contributed by atoms with Gasteiger partial charge in [0.25, 0.3) is 0 Å². The molecule has 2 atom stereocenters. The van der Waals surface area contributed by atoms with Gasteiger partial charge in [-0.15, -0.1) is 11.3 Å². The Balaban J connectivity index is 1.65. The van der Waals surface area contributed by atoms with Crippen molar-refractivity contribution >= 4 is 28.2 Å². The standard InChI is InChI=1S/C17H24N2O2S/c1-17(2,3)13-9-22-16(18-13)19-15(21)12-7-10-5-4-6-11(8-12)14(10)20/h9-12H,4-8H2,1-3H3,(H,18,19,21). The first-order valence-electron chi connectivity index (χ1n) is 8.15. The number of amides is 1. The number of fused-ring (bicyclic) bond motifs is 2. The molecule has 2 bridgehead atoms. The van der Waals surface area contributed by atoms with Crippen molar-refractivity contribution in [2.75, 3.05) is 5.32 Å². The molecule has 1 amide bonds. The van der Waals surface area contributed by atoms with E-state index >= 15 is 0 Å². The predicted molar refractivity (Wildman–Crippen MR) is 88.0 cm³/mol. The van der Waals surface area contributed by atoms with E-state index in [0.29, 0.717) is 10.9 Å². The predicted octanol–water partition coefficient (Wildman–Crippen LogP) is 3.77. The largest absolute Gasteiger partial charge is 0.302 e. The summed E-state index contributed by atoms with van der Waals surface area (Å²) in [6, 6.07) is 0. The molecule has 1 N–H and O–H groups in total. The van der Waals surface area contributed by atoms with Crippen LogP contribution in [-0.4, -0.2) is 16.7 Å². The van der Waals surface area contributed by atoms with Crippen molar-refractivity contribution < 1.29 is 9.59 Å². The number of Topliss-reactive ketones (excluding diaryl/α,β-unsaturated/α-hetero) is 1. The smallest absolute Gasteiger partial charge is 0.229 e. The molecule has 2 fully saturated rings. The number of thiazole rings is 1. The van der Waals surface area contributed by atoms with Gasteiger partial charge in [-0.3, -0.25) is 9.59 Å². The number of anilines is 1. The molecule has 2 unspecified atom stereocenters. The van der Waals surface area contributed by atoms with E-state index in [1.807, 2.05) is 5.38 Å². The fraction of sp³-hybridized carbons (Fsp3) is 0.706. The third-order valence-electron chi connectivity index (χ3n) is 4.92. The summed E-state index contributed by atoms with van der Waals surface area (Å²) in [5.41, 5.74) is 0.997. The van der Waals surface area contributed by atoms with Gasteiger partial charge in [-0.1, -0.05) is 27.2 Å². The molecule has 0 radical (unpaired) electrons. The summed E-state index contributed by atoms with van der Waals surface area (Å²) in [5.74, 6) is 0.642. The number of aromatic nitrogens is 1. The van der Waals surface area contributed by atoms with Crippen LogP contribution < -0.4 is 5.32 Å². The van der Waals surface area contributed by atoms with E-state index in [2.05, 4.69) is 31.1 Å². The van der Waals surface area contributed by atoms with Crippen LogP contribution in [0.25, 0.3) is 0 Å². The van der Waals surface area contributed by atoms with Crippen LogP contribution in [0.4, 0.5) is 5.13 Å². The highest BCUT2D eigenvalue weighted by Crippen LogP contribution is 2.40. The van der Waals surface area contributed by atoms with Gasteiger partial charge in [-0.2, -0.15) is 0 Å². The molecule has 0 spiro atoms. The molecular weight excluding hydrogens is 296 g/mol. The quantitative estimate of drug-likeness (QED) is 0.902. The molecule has 5 heteroatoms. The lowest BCUT2D eigenvalue weighted by Crippen LogP contribution is -2.40. The molecule has 0 aliphatic heterocycles. The molecular formula is C17H24N2O2S. The summed E-state index contributed by atoms with van der Waals surface area (Å²) in [5, 5.41) is 5.65. The molecule has 1 aromatic rings. The molecule has 4 nitrogen and oxygen atoms in total. The van der Waals surface area contributed by atoms with Crippen LogP contribution in [0.5, 0.6) is 0 Å². The molecule has 2 aliphatic carbocycles. The fourth-order valence-corrected chi connectivity index (χ4v) is 4.52. The van der Waals surface area contributed by atoms with Crippen molar-refractivity contribution in [1.82, 2.24) is 4.98 Å². The Morgan fingerprint density at radius 1 is 1.27 bits per heavy atom. The van der Waals surface area contributed by atoms with Crippen molar-refractivity contribution in [2.24, 2.45) is 17.8 Å². The Hall–Kier alpha value is -1.23. The molecule has 1 heterocycles. The number of nitrogens with zero attached hydrogens (tertiary/aromatic N) is 1. The van der Waals surface area contributed by atoms with E-state index in [0.717, 1.165) is 37.8 Å². The molecule has 3 rings (SSSR count). The second-order valence-corrected chi connectivity index (χ2v) is 8.53. The van der Waals surface area contributed by atoms with E-state index in [4.69, 9.17) is 0 Å². The van der Waals surface area contributed by atoms with Crippen LogP contribution >= 0.6 is 11.3 Å². The molecule has 120 valence electrons. The number of ketones is 1. The Labute approximate surface area is 135 Å². The van der Waals surface area contributed by atoms with Gasteiger partial charge in [0.1, 0.15) is 5.78 Å². The second kappa shape index (κ2) is 5.76. The van der Waals surface area contributed by atoms with Gasteiger partial charge in [0, 0.05) is 28.5 Å². The van der Waals surface area contributed by atoms with Gasteiger partial charge in [0.05, 0.1) is 5.69 Å². The van der Waals surface area contributed by atoms with Crippen LogP contribution in [0.3, 0.4) is 0 Å². The zero-order chi connectivity index (χ0) is 15.9. The van der Waals surface area contributed by atoms with E-state index in [-0.39, 0.29) is 29.1 Å². The van der Waals surface area contributed by atoms with E-state index in [9.17, 15) is 9.59 Å². The van der Waals surface area contributed by atoms with E-state index in [1.54, 1.807) is 0 Å². The zero-order valence-electron chi connectivity index (χ0n) is 13.5. The summed E-state index contributed by atoms with van der Waals surface area (Å²) >= 11 is 1.48. The van der Waals surface area contributed by atoms with Gasteiger partial charge in [-0.05, 0) is 25.7 Å². The lowest BCUT2D eigenvalue weighted by molar-refractivity contribution is -0.136. The van der Waals surface area contributed by atoms with Gasteiger partial charge < -0.3 is 5.32 Å². The SMILES string of the molecule is CC(C)(C)c1csc(NC(=O)C2CC3CCCC(C2)C3=O)n1. The van der Waals surface area contributed by atoms with Gasteiger partial charge in [-0.25, -0.2) is 4.98 Å². The van der Waals surface area contributed by atoms with Crippen LogP contribution in [0.1, 0.15) is 58.6 Å². The molecule has 1 aromatic heterocycles. The number of nitrogens with one attached hydrogen (secondary N) is 1. The minimum absolute atomic E-state index is 0.00619. The van der Waals surface area contributed by atoms with Crippen molar-refractivity contribution in [3.63, 3.8) is 0 Å². The maximum Gasteiger partial charge on any atom is 0.229 e. The first-order chi connectivity index (χ1) is 10.3. The summed E-state index contributed by atoms with van der Waals surface area (Å²) in [7, 11) is 0. The second-order valence-electron chi connectivity index (χ2n) is 7.67. The lowest BCUT2D eigenvalue weighted by Gasteiger charge is -2.36. The maximum atomic E-state index is 12.5. The Morgan fingerprint density at radius 2 is 1.91 bits per heavy atom. The van der Waals surface area contributed by atoms with Gasteiger partial charge in [0.15, 0.2) is 5.13 Å². The van der Waals surface area contributed by atoms with Crippen molar-refractivity contribution in [3.05, 3.63) is 11.1 Å². The highest BCUT2D eigenvalue weighted by molar-refractivity contribution is 7.13. The Morgan fingerprint density at radius 3 is 2.45 bits per heavy atom. The van der Waals surface area contributed by atoms with Crippen molar-refractivity contribution in [1.29, 1.82) is 0 Å². The van der Waals surface area contributed by atoms with Crippen LogP contribution in [0.2, 0.25) is 0 Å². The first kappa shape index (κ1) is 15.7. The number of rotatable bonds is 2. The minimum atomic E-state index is -0.0324. The van der Waals surface area contributed by atoms with Crippen molar-refractivity contribution in [3.8, 4) is 0 Å². The molecule has 2 aliphatic rings. The van der Waals surface area contributed by atoms with Crippen LogP contribution in [0.15, 0.2) is 5.38 Å². The molecule has 22 heavy (non-hydrogen) atoms. The summed E-state index contributed by atoms with van der Waals surface area (Å²) in [4.78, 5) is 29.1. The number of hydrogen-bond donors (Lipinski definition) is 1. The highest BCUT2D eigenvalue weighted by atomic mass is 32.1. The summed E-state index contributed by atoms with van der Waals surface area (Å²) in [6.07, 6.45) is 4.50. The van der Waals surface area contributed by atoms with Crippen molar-refractivity contribution in [2.45, 2.75) is 58.3 Å². The number of carbonyl (C=O) groups excluding carboxylic acids is 2. The maximum absolute atomic E-state index is 12.5. The Bertz CT molecular complexity index is 572. The fourth-order valence-electron chi connectivity index (χ4n) is 3.58. The average molecular weight is 320 g/mol. The zero-order valence-corrected chi connectivity index (χ0v) is 14.3.